The molecule has 228 valence electrons. The normalized spacial score (nSPS) is 10.7. The van der Waals surface area contributed by atoms with Crippen LogP contribution in [0.5, 0.6) is 23.5 Å². The number of nitrogens with one attached hydrogen (secondary N) is 4. The molecule has 4 N–H and O–H groups in total. The van der Waals surface area contributed by atoms with Crippen LogP contribution in [0.1, 0.15) is 40.3 Å². The second-order valence-corrected chi connectivity index (χ2v) is 10.6. The Labute approximate surface area is 250 Å². The van der Waals surface area contributed by atoms with Gasteiger partial charge in [-0.1, -0.05) is 0 Å². The fourth-order valence-corrected chi connectivity index (χ4v) is 4.88. The van der Waals surface area contributed by atoms with E-state index in [1.54, 1.807) is 25.6 Å². The third-order valence-electron chi connectivity index (χ3n) is 5.98. The molecule has 0 fully saturated rings. The van der Waals surface area contributed by atoms with E-state index in [-0.39, 0.29) is 11.8 Å². The Bertz CT molecular complexity index is 1320. The SMILES string of the molecule is COc1nc(OCc2cc(C)c(COc3ccc(CNCCNC(C)=O)c(OC)n3)s2)ccc1CNCCNC(C)=O. The van der Waals surface area contributed by atoms with Crippen LogP contribution < -0.4 is 40.2 Å². The fraction of sp³-hybridized carbons (Fsp3) is 0.448. The molecule has 0 saturated heterocycles. The minimum atomic E-state index is -0.0528. The van der Waals surface area contributed by atoms with Gasteiger partial charge in [0, 0.05) is 86.1 Å². The number of thiophene rings is 1. The highest BCUT2D eigenvalue weighted by Gasteiger charge is 2.12. The van der Waals surface area contributed by atoms with Gasteiger partial charge in [0.15, 0.2) is 0 Å². The van der Waals surface area contributed by atoms with Crippen molar-refractivity contribution in [3.8, 4) is 23.5 Å². The second kappa shape index (κ2) is 17.1. The molecule has 0 aliphatic carbocycles. The number of hydrogen-bond acceptors (Lipinski definition) is 11. The molecule has 3 aromatic heterocycles. The molecule has 0 radical (unpaired) electrons. The van der Waals surface area contributed by atoms with Crippen molar-refractivity contribution in [2.45, 2.75) is 47.1 Å². The Morgan fingerprint density at radius 3 is 1.74 bits per heavy atom. The average Bonchev–Trinajstić information content (AvgIpc) is 3.33. The lowest BCUT2D eigenvalue weighted by atomic mass is 10.2. The number of rotatable bonds is 18. The van der Waals surface area contributed by atoms with Crippen LogP contribution in [0.15, 0.2) is 30.3 Å². The van der Waals surface area contributed by atoms with Crippen molar-refractivity contribution in [1.82, 2.24) is 31.2 Å². The van der Waals surface area contributed by atoms with Gasteiger partial charge in [-0.15, -0.1) is 11.3 Å². The molecule has 0 bridgehead atoms. The zero-order valence-electron chi connectivity index (χ0n) is 24.8. The predicted molar refractivity (Wildman–Crippen MR) is 160 cm³/mol. The Morgan fingerprint density at radius 2 is 1.26 bits per heavy atom. The van der Waals surface area contributed by atoms with Crippen LogP contribution >= 0.6 is 11.3 Å². The first-order chi connectivity index (χ1) is 20.3. The summed E-state index contributed by atoms with van der Waals surface area (Å²) in [5.74, 6) is 1.82. The lowest BCUT2D eigenvalue weighted by Crippen LogP contribution is -2.30. The lowest BCUT2D eigenvalue weighted by molar-refractivity contribution is -0.119. The molecule has 3 aromatic rings. The average molecular weight is 601 g/mol. The second-order valence-electron chi connectivity index (χ2n) is 9.35. The van der Waals surface area contributed by atoms with E-state index in [1.807, 2.05) is 31.2 Å². The van der Waals surface area contributed by atoms with E-state index in [0.717, 1.165) is 26.4 Å². The van der Waals surface area contributed by atoms with Crippen molar-refractivity contribution in [1.29, 1.82) is 0 Å². The number of hydrogen-bond donors (Lipinski definition) is 4. The van der Waals surface area contributed by atoms with Crippen LogP contribution in [-0.2, 0) is 35.9 Å². The topological polar surface area (TPSA) is 145 Å². The molecular formula is C29H40N6O6S. The van der Waals surface area contributed by atoms with Gasteiger partial charge in [-0.2, -0.15) is 9.97 Å². The molecule has 3 heterocycles. The van der Waals surface area contributed by atoms with Crippen molar-refractivity contribution in [3.63, 3.8) is 0 Å². The molecule has 13 heteroatoms. The van der Waals surface area contributed by atoms with Crippen LogP contribution in [-0.4, -0.2) is 62.2 Å². The number of aryl methyl sites for hydroxylation is 1. The van der Waals surface area contributed by atoms with Crippen LogP contribution in [0, 0.1) is 6.92 Å². The molecule has 12 nitrogen and oxygen atoms in total. The van der Waals surface area contributed by atoms with Crippen LogP contribution in [0.3, 0.4) is 0 Å². The number of carbonyl (C=O) groups excluding carboxylic acids is 2. The molecule has 0 spiro atoms. The Hall–Kier alpha value is -3.94. The summed E-state index contributed by atoms with van der Waals surface area (Å²) < 4.78 is 22.8. The van der Waals surface area contributed by atoms with Crippen molar-refractivity contribution >= 4 is 23.2 Å². The highest BCUT2D eigenvalue weighted by molar-refractivity contribution is 7.12. The summed E-state index contributed by atoms with van der Waals surface area (Å²) in [6, 6.07) is 9.56. The first-order valence-corrected chi connectivity index (χ1v) is 14.4. The zero-order valence-corrected chi connectivity index (χ0v) is 25.6. The van der Waals surface area contributed by atoms with E-state index >= 15 is 0 Å². The Balaban J connectivity index is 1.49. The van der Waals surface area contributed by atoms with E-state index in [2.05, 4.69) is 37.3 Å². The number of methoxy groups -OCH3 is 2. The summed E-state index contributed by atoms with van der Waals surface area (Å²) in [6.07, 6.45) is 0. The van der Waals surface area contributed by atoms with Gasteiger partial charge in [0.1, 0.15) is 13.2 Å². The zero-order chi connectivity index (χ0) is 30.3. The number of ether oxygens (including phenoxy) is 4. The summed E-state index contributed by atoms with van der Waals surface area (Å²) in [5, 5.41) is 12.0. The van der Waals surface area contributed by atoms with Crippen molar-refractivity contribution < 1.29 is 28.5 Å². The van der Waals surface area contributed by atoms with Crippen molar-refractivity contribution in [2.24, 2.45) is 0 Å². The van der Waals surface area contributed by atoms with Gasteiger partial charge in [-0.25, -0.2) is 0 Å². The first-order valence-electron chi connectivity index (χ1n) is 13.6. The summed E-state index contributed by atoms with van der Waals surface area (Å²) in [4.78, 5) is 33.0. The highest BCUT2D eigenvalue weighted by Crippen LogP contribution is 2.27. The lowest BCUT2D eigenvalue weighted by Gasteiger charge is -2.11. The molecule has 3 rings (SSSR count). The number of amides is 2. The maximum atomic E-state index is 11.0. The maximum Gasteiger partial charge on any atom is 0.220 e. The van der Waals surface area contributed by atoms with Gasteiger partial charge in [0.25, 0.3) is 0 Å². The fourth-order valence-electron chi connectivity index (χ4n) is 3.88. The summed E-state index contributed by atoms with van der Waals surface area (Å²) in [7, 11) is 3.15. The number of nitrogens with zero attached hydrogens (tertiary/aromatic N) is 2. The molecule has 0 aromatic carbocycles. The standard InChI is InChI=1S/C29H40N6O6S/c1-19-14-24(17-40-26-8-6-22(28(34-26)38-4)15-30-10-12-32-20(2)36)42-25(19)18-41-27-9-7-23(29(35-27)39-5)16-31-11-13-33-21(3)37/h6-9,14,30-31H,10-13,15-18H2,1-5H3,(H,32,36)(H,33,37). The molecule has 0 saturated carbocycles. The van der Waals surface area contributed by atoms with Crippen LogP contribution in [0.4, 0.5) is 0 Å². The van der Waals surface area contributed by atoms with Gasteiger partial charge in [0.05, 0.1) is 14.2 Å². The van der Waals surface area contributed by atoms with Crippen LogP contribution in [0.2, 0.25) is 0 Å². The maximum absolute atomic E-state index is 11.0. The third-order valence-corrected chi connectivity index (χ3v) is 7.17. The van der Waals surface area contributed by atoms with Crippen molar-refractivity contribution in [3.05, 3.63) is 56.8 Å². The highest BCUT2D eigenvalue weighted by atomic mass is 32.1. The third kappa shape index (κ3) is 10.8. The Kier molecular flexibility index (Phi) is 13.3. The quantitative estimate of drug-likeness (QED) is 0.161. The van der Waals surface area contributed by atoms with Gasteiger partial charge in [-0.3, -0.25) is 9.59 Å². The molecule has 0 atom stereocenters. The monoisotopic (exact) mass is 600 g/mol. The van der Waals surface area contributed by atoms with Gasteiger partial charge in [-0.05, 0) is 30.7 Å². The van der Waals surface area contributed by atoms with E-state index in [0.29, 0.717) is 76.0 Å². The molecule has 2 amide bonds. The van der Waals surface area contributed by atoms with E-state index in [4.69, 9.17) is 18.9 Å². The molecular weight excluding hydrogens is 560 g/mol. The first kappa shape index (κ1) is 32.6. The summed E-state index contributed by atoms with van der Waals surface area (Å²) >= 11 is 1.61. The van der Waals surface area contributed by atoms with Gasteiger partial charge < -0.3 is 40.2 Å². The molecule has 0 aliphatic heterocycles. The minimum absolute atomic E-state index is 0.0528. The van der Waals surface area contributed by atoms with E-state index < -0.39 is 0 Å². The number of carbonyl (C=O) groups is 2. The molecule has 42 heavy (non-hydrogen) atoms. The summed E-state index contributed by atoms with van der Waals surface area (Å²) in [5.41, 5.74) is 2.91. The predicted octanol–water partition coefficient (Wildman–Crippen LogP) is 2.47. The summed E-state index contributed by atoms with van der Waals surface area (Å²) in [6.45, 7) is 9.27. The number of pyridine rings is 2. The smallest absolute Gasteiger partial charge is 0.220 e. The van der Waals surface area contributed by atoms with E-state index in [1.165, 1.54) is 13.8 Å². The van der Waals surface area contributed by atoms with Crippen LogP contribution in [0.25, 0.3) is 0 Å². The van der Waals surface area contributed by atoms with E-state index in [9.17, 15) is 9.59 Å². The van der Waals surface area contributed by atoms with Gasteiger partial charge in [0.2, 0.25) is 35.3 Å². The van der Waals surface area contributed by atoms with Gasteiger partial charge >= 0.3 is 0 Å². The molecule has 0 aliphatic rings. The Morgan fingerprint density at radius 1 is 0.762 bits per heavy atom. The minimum Gasteiger partial charge on any atom is -0.481 e. The largest absolute Gasteiger partial charge is 0.481 e. The molecule has 0 unspecified atom stereocenters. The van der Waals surface area contributed by atoms with Crippen molar-refractivity contribution in [2.75, 3.05) is 40.4 Å². The number of aromatic nitrogens is 2.